The lowest BCUT2D eigenvalue weighted by molar-refractivity contribution is -0.110. The molecule has 0 amide bonds. The van der Waals surface area contributed by atoms with Crippen molar-refractivity contribution < 1.29 is 4.79 Å². The van der Waals surface area contributed by atoms with E-state index in [4.69, 9.17) is 0 Å². The van der Waals surface area contributed by atoms with E-state index in [0.29, 0.717) is 0 Å². The van der Waals surface area contributed by atoms with Crippen molar-refractivity contribution in [3.8, 4) is 0 Å². The zero-order valence-electron chi connectivity index (χ0n) is 12.2. The molecule has 1 aliphatic carbocycles. The highest BCUT2D eigenvalue weighted by Gasteiger charge is 2.00. The summed E-state index contributed by atoms with van der Waals surface area (Å²) in [6.45, 7) is 4.78. The van der Waals surface area contributed by atoms with Gasteiger partial charge in [0.25, 0.3) is 0 Å². The summed E-state index contributed by atoms with van der Waals surface area (Å²) in [7, 11) is 0. The molecular formula is C19H21NO. The van der Waals surface area contributed by atoms with Gasteiger partial charge in [-0.15, -0.1) is 6.58 Å². The Labute approximate surface area is 126 Å². The highest BCUT2D eigenvalue weighted by atomic mass is 16.1. The molecule has 2 heteroatoms. The first kappa shape index (κ1) is 15.0. The summed E-state index contributed by atoms with van der Waals surface area (Å²) in [5, 5.41) is 0. The van der Waals surface area contributed by atoms with Crippen LogP contribution in [0.1, 0.15) is 19.3 Å². The van der Waals surface area contributed by atoms with Crippen molar-refractivity contribution in [2.75, 3.05) is 6.54 Å². The third kappa shape index (κ3) is 5.27. The Morgan fingerprint density at radius 3 is 2.14 bits per heavy atom. The van der Waals surface area contributed by atoms with Gasteiger partial charge in [-0.3, -0.25) is 4.79 Å². The first-order chi connectivity index (χ1) is 10.3. The quantitative estimate of drug-likeness (QED) is 0.535. The van der Waals surface area contributed by atoms with Crippen LogP contribution in [0.4, 0.5) is 0 Å². The standard InChI is InChI=1S/C19H21NO/c1-2-3-4-5-14-20-15-12-18(13-16-20)7-6-17-8-10-19(21)11-9-17/h2,6-13,15-16H,1,3-5,14H2. The molecule has 0 aromatic rings. The number of carbonyl (C=O) groups is 1. The molecule has 1 heterocycles. The maximum absolute atomic E-state index is 11.0. The SMILES string of the molecule is C=CCCCCN1C=CC(=CC=C2C=CC(=O)C=C2)C=C1. The zero-order valence-corrected chi connectivity index (χ0v) is 12.2. The molecule has 2 rings (SSSR count). The van der Waals surface area contributed by atoms with Crippen LogP contribution < -0.4 is 0 Å². The highest BCUT2D eigenvalue weighted by Crippen LogP contribution is 2.13. The first-order valence-corrected chi connectivity index (χ1v) is 7.33. The molecule has 0 bridgehead atoms. The number of nitrogens with zero attached hydrogens (tertiary/aromatic N) is 1. The van der Waals surface area contributed by atoms with Crippen LogP contribution in [-0.4, -0.2) is 17.2 Å². The predicted octanol–water partition coefficient (Wildman–Crippen LogP) is 4.23. The summed E-state index contributed by atoms with van der Waals surface area (Å²) in [6, 6.07) is 0. The Morgan fingerprint density at radius 1 is 0.905 bits per heavy atom. The largest absolute Gasteiger partial charge is 0.354 e. The maximum atomic E-state index is 11.0. The minimum absolute atomic E-state index is 0.0457. The topological polar surface area (TPSA) is 20.3 Å². The summed E-state index contributed by atoms with van der Waals surface area (Å²) in [5.74, 6) is 0.0457. The van der Waals surface area contributed by atoms with Crippen LogP contribution >= 0.6 is 0 Å². The second kappa shape index (κ2) is 8.05. The van der Waals surface area contributed by atoms with Gasteiger partial charge in [-0.05, 0) is 54.7 Å². The Kier molecular flexibility index (Phi) is 5.77. The molecule has 0 N–H and O–H groups in total. The van der Waals surface area contributed by atoms with Gasteiger partial charge in [0, 0.05) is 18.9 Å². The van der Waals surface area contributed by atoms with Gasteiger partial charge < -0.3 is 4.90 Å². The molecule has 0 aromatic heterocycles. The lowest BCUT2D eigenvalue weighted by Gasteiger charge is -2.18. The molecule has 0 radical (unpaired) electrons. The normalized spacial score (nSPS) is 16.6. The molecule has 2 aliphatic rings. The van der Waals surface area contributed by atoms with Crippen molar-refractivity contribution in [1.29, 1.82) is 0 Å². The predicted molar refractivity (Wildman–Crippen MR) is 88.5 cm³/mol. The van der Waals surface area contributed by atoms with Crippen LogP contribution in [0.3, 0.4) is 0 Å². The van der Waals surface area contributed by atoms with Crippen molar-refractivity contribution in [2.45, 2.75) is 19.3 Å². The van der Waals surface area contributed by atoms with E-state index in [-0.39, 0.29) is 5.78 Å². The van der Waals surface area contributed by atoms with Gasteiger partial charge in [0.1, 0.15) is 0 Å². The van der Waals surface area contributed by atoms with Gasteiger partial charge >= 0.3 is 0 Å². The van der Waals surface area contributed by atoms with Gasteiger partial charge in [0.2, 0.25) is 0 Å². The van der Waals surface area contributed by atoms with Crippen LogP contribution in [0.15, 0.2) is 84.8 Å². The molecule has 0 unspecified atom stereocenters. The van der Waals surface area contributed by atoms with E-state index in [1.54, 1.807) is 12.2 Å². The molecule has 0 atom stereocenters. The number of unbranched alkanes of at least 4 members (excludes halogenated alkanes) is 2. The summed E-state index contributed by atoms with van der Waals surface area (Å²) in [6.07, 6.45) is 24.8. The zero-order chi connectivity index (χ0) is 14.9. The van der Waals surface area contributed by atoms with Crippen LogP contribution in [0.5, 0.6) is 0 Å². The van der Waals surface area contributed by atoms with E-state index < -0.39 is 0 Å². The first-order valence-electron chi connectivity index (χ1n) is 7.33. The van der Waals surface area contributed by atoms with Crippen LogP contribution in [0.2, 0.25) is 0 Å². The van der Waals surface area contributed by atoms with E-state index in [2.05, 4.69) is 42.1 Å². The van der Waals surface area contributed by atoms with Gasteiger partial charge in [0.15, 0.2) is 5.78 Å². The van der Waals surface area contributed by atoms with Gasteiger partial charge in [0.05, 0.1) is 0 Å². The third-order valence-electron chi connectivity index (χ3n) is 3.34. The number of carbonyl (C=O) groups excluding carboxylic acids is 1. The molecule has 0 fully saturated rings. The fourth-order valence-electron chi connectivity index (χ4n) is 2.08. The number of hydrogen-bond donors (Lipinski definition) is 0. The third-order valence-corrected chi connectivity index (χ3v) is 3.34. The summed E-state index contributed by atoms with van der Waals surface area (Å²) in [5.41, 5.74) is 2.19. The average Bonchev–Trinajstić information content (AvgIpc) is 2.52. The summed E-state index contributed by atoms with van der Waals surface area (Å²) in [4.78, 5) is 13.2. The monoisotopic (exact) mass is 279 g/mol. The summed E-state index contributed by atoms with van der Waals surface area (Å²) >= 11 is 0. The molecule has 21 heavy (non-hydrogen) atoms. The molecule has 2 nitrogen and oxygen atoms in total. The van der Waals surface area contributed by atoms with Crippen molar-refractivity contribution in [3.63, 3.8) is 0 Å². The second-order valence-corrected chi connectivity index (χ2v) is 5.06. The molecule has 0 saturated heterocycles. The number of ketones is 1. The fourth-order valence-corrected chi connectivity index (χ4v) is 2.08. The van der Waals surface area contributed by atoms with Crippen molar-refractivity contribution >= 4 is 5.78 Å². The van der Waals surface area contributed by atoms with Gasteiger partial charge in [-0.25, -0.2) is 0 Å². The number of allylic oxidation sites excluding steroid dienone is 11. The average molecular weight is 279 g/mol. The number of rotatable bonds is 6. The Balaban J connectivity index is 1.84. The molecule has 1 aliphatic heterocycles. The molecule has 108 valence electrons. The molecule has 0 spiro atoms. The molecular weight excluding hydrogens is 258 g/mol. The van der Waals surface area contributed by atoms with Crippen molar-refractivity contribution in [2.24, 2.45) is 0 Å². The highest BCUT2D eigenvalue weighted by molar-refractivity contribution is 6.01. The van der Waals surface area contributed by atoms with E-state index in [1.807, 2.05) is 24.3 Å². The second-order valence-electron chi connectivity index (χ2n) is 5.06. The maximum Gasteiger partial charge on any atom is 0.178 e. The minimum atomic E-state index is 0.0457. The Hall–Kier alpha value is -2.35. The minimum Gasteiger partial charge on any atom is -0.354 e. The Morgan fingerprint density at radius 2 is 1.52 bits per heavy atom. The fraction of sp³-hybridized carbons (Fsp3) is 0.211. The smallest absolute Gasteiger partial charge is 0.178 e. The van der Waals surface area contributed by atoms with Crippen LogP contribution in [-0.2, 0) is 4.79 Å². The van der Waals surface area contributed by atoms with Crippen LogP contribution in [0, 0.1) is 0 Å². The number of hydrogen-bond acceptors (Lipinski definition) is 2. The van der Waals surface area contributed by atoms with E-state index in [9.17, 15) is 4.79 Å². The van der Waals surface area contributed by atoms with E-state index in [1.165, 1.54) is 12.8 Å². The van der Waals surface area contributed by atoms with E-state index >= 15 is 0 Å². The van der Waals surface area contributed by atoms with Crippen molar-refractivity contribution in [3.05, 3.63) is 84.8 Å². The van der Waals surface area contributed by atoms with Gasteiger partial charge in [-0.2, -0.15) is 0 Å². The molecule has 0 aromatic carbocycles. The lowest BCUT2D eigenvalue weighted by Crippen LogP contribution is -2.13. The van der Waals surface area contributed by atoms with E-state index in [0.717, 1.165) is 24.1 Å². The van der Waals surface area contributed by atoms with Crippen LogP contribution in [0.25, 0.3) is 0 Å². The lowest BCUT2D eigenvalue weighted by atomic mass is 10.1. The van der Waals surface area contributed by atoms with Crippen molar-refractivity contribution in [1.82, 2.24) is 4.90 Å². The Bertz CT molecular complexity index is 536. The summed E-state index contributed by atoms with van der Waals surface area (Å²) < 4.78 is 0. The van der Waals surface area contributed by atoms with Gasteiger partial charge in [-0.1, -0.05) is 30.4 Å². The molecule has 0 saturated carbocycles.